The van der Waals surface area contributed by atoms with Crippen molar-refractivity contribution in [1.29, 1.82) is 0 Å². The number of hydrogen-bond acceptors (Lipinski definition) is 3. The van der Waals surface area contributed by atoms with E-state index in [0.717, 1.165) is 10.5 Å². The van der Waals surface area contributed by atoms with Gasteiger partial charge in [0.25, 0.3) is 5.91 Å². The van der Waals surface area contributed by atoms with Crippen LogP contribution >= 0.6 is 0 Å². The number of benzene rings is 1. The van der Waals surface area contributed by atoms with Crippen LogP contribution in [-0.4, -0.2) is 41.4 Å². The average molecular weight is 264 g/mol. The number of likely N-dealkylation sites (N-methyl/N-ethyl adjacent to an activating group) is 1. The summed E-state index contributed by atoms with van der Waals surface area (Å²) in [5.74, 6) is -1.53. The molecule has 2 N–H and O–H groups in total. The van der Waals surface area contributed by atoms with Crippen molar-refractivity contribution in [3.05, 3.63) is 35.4 Å². The number of nitrogens with zero attached hydrogens (tertiary/aromatic N) is 1. The third-order valence-electron chi connectivity index (χ3n) is 2.46. The molecule has 6 nitrogen and oxygen atoms in total. The highest BCUT2D eigenvalue weighted by atomic mass is 16.4. The van der Waals surface area contributed by atoms with Gasteiger partial charge in [0.1, 0.15) is 6.54 Å². The number of amides is 2. The van der Waals surface area contributed by atoms with Gasteiger partial charge in [0.2, 0.25) is 5.91 Å². The highest BCUT2D eigenvalue weighted by molar-refractivity contribution is 5.95. The van der Waals surface area contributed by atoms with Crippen LogP contribution in [-0.2, 0) is 16.1 Å². The van der Waals surface area contributed by atoms with E-state index in [1.165, 1.54) is 14.0 Å². The van der Waals surface area contributed by atoms with Crippen molar-refractivity contribution in [3.8, 4) is 0 Å². The zero-order valence-corrected chi connectivity index (χ0v) is 10.8. The van der Waals surface area contributed by atoms with Crippen molar-refractivity contribution in [2.45, 2.75) is 13.5 Å². The van der Waals surface area contributed by atoms with Crippen LogP contribution in [0.15, 0.2) is 24.3 Å². The Kier molecular flexibility index (Phi) is 5.05. The first kappa shape index (κ1) is 14.7. The van der Waals surface area contributed by atoms with Gasteiger partial charge in [-0.1, -0.05) is 12.1 Å². The molecule has 1 aromatic carbocycles. The standard InChI is InChI=1S/C13H16N2O4/c1-9(16)14-7-10-3-5-11(6-4-10)13(19)15(2)8-12(17)18/h3-6H,7-8H2,1-2H3,(H,14,16)(H,17,18). The lowest BCUT2D eigenvalue weighted by molar-refractivity contribution is -0.137. The second-order valence-corrected chi connectivity index (χ2v) is 4.16. The van der Waals surface area contributed by atoms with Gasteiger partial charge in [0, 0.05) is 26.1 Å². The molecule has 0 heterocycles. The number of carboxylic acids is 1. The molecule has 2 amide bonds. The molecule has 0 aliphatic carbocycles. The summed E-state index contributed by atoms with van der Waals surface area (Å²) >= 11 is 0. The topological polar surface area (TPSA) is 86.7 Å². The van der Waals surface area contributed by atoms with Crippen molar-refractivity contribution in [2.75, 3.05) is 13.6 Å². The Labute approximate surface area is 111 Å². The van der Waals surface area contributed by atoms with E-state index in [4.69, 9.17) is 5.11 Å². The summed E-state index contributed by atoms with van der Waals surface area (Å²) in [6.45, 7) is 1.49. The third kappa shape index (κ3) is 4.79. The van der Waals surface area contributed by atoms with Gasteiger partial charge in [-0.15, -0.1) is 0 Å². The minimum Gasteiger partial charge on any atom is -0.480 e. The van der Waals surface area contributed by atoms with Gasteiger partial charge >= 0.3 is 5.97 Å². The van der Waals surface area contributed by atoms with Crippen LogP contribution in [0.1, 0.15) is 22.8 Å². The second-order valence-electron chi connectivity index (χ2n) is 4.16. The summed E-state index contributed by atoms with van der Waals surface area (Å²) in [6.07, 6.45) is 0. The molecular weight excluding hydrogens is 248 g/mol. The largest absolute Gasteiger partial charge is 0.480 e. The number of rotatable bonds is 5. The summed E-state index contributed by atoms with van der Waals surface area (Å²) in [7, 11) is 1.43. The normalized spacial score (nSPS) is 9.79. The molecule has 102 valence electrons. The zero-order valence-electron chi connectivity index (χ0n) is 10.8. The van der Waals surface area contributed by atoms with Crippen LogP contribution in [0.5, 0.6) is 0 Å². The van der Waals surface area contributed by atoms with Crippen LogP contribution in [0, 0.1) is 0 Å². The quantitative estimate of drug-likeness (QED) is 0.809. The second kappa shape index (κ2) is 6.53. The molecule has 0 aliphatic heterocycles. The van der Waals surface area contributed by atoms with Crippen molar-refractivity contribution < 1.29 is 19.5 Å². The minimum atomic E-state index is -1.06. The average Bonchev–Trinajstić information content (AvgIpc) is 2.35. The SMILES string of the molecule is CC(=O)NCc1ccc(C(=O)N(C)CC(=O)O)cc1. The van der Waals surface area contributed by atoms with Crippen molar-refractivity contribution in [3.63, 3.8) is 0 Å². The molecule has 1 aromatic rings. The van der Waals surface area contributed by atoms with E-state index in [1.807, 2.05) is 0 Å². The highest BCUT2D eigenvalue weighted by Crippen LogP contribution is 2.07. The van der Waals surface area contributed by atoms with Gasteiger partial charge in [-0.3, -0.25) is 14.4 Å². The Hall–Kier alpha value is -2.37. The Bertz CT molecular complexity index is 482. The molecule has 0 spiro atoms. The van der Waals surface area contributed by atoms with Gasteiger partial charge in [0.15, 0.2) is 0 Å². The maximum Gasteiger partial charge on any atom is 0.323 e. The molecule has 0 radical (unpaired) electrons. The predicted octanol–water partition coefficient (Wildman–Crippen LogP) is 0.479. The number of carboxylic acid groups (broad SMARTS) is 1. The fourth-order valence-electron chi connectivity index (χ4n) is 1.49. The summed E-state index contributed by atoms with van der Waals surface area (Å²) < 4.78 is 0. The molecule has 0 aliphatic rings. The van der Waals surface area contributed by atoms with E-state index in [-0.39, 0.29) is 18.4 Å². The smallest absolute Gasteiger partial charge is 0.323 e. The van der Waals surface area contributed by atoms with E-state index in [9.17, 15) is 14.4 Å². The zero-order chi connectivity index (χ0) is 14.4. The molecule has 0 unspecified atom stereocenters. The van der Waals surface area contributed by atoms with Crippen molar-refractivity contribution in [2.24, 2.45) is 0 Å². The Morgan fingerprint density at radius 1 is 1.21 bits per heavy atom. The Morgan fingerprint density at radius 3 is 2.26 bits per heavy atom. The molecular formula is C13H16N2O4. The van der Waals surface area contributed by atoms with E-state index >= 15 is 0 Å². The molecule has 0 bridgehead atoms. The van der Waals surface area contributed by atoms with Crippen molar-refractivity contribution >= 4 is 17.8 Å². The highest BCUT2D eigenvalue weighted by Gasteiger charge is 2.13. The van der Waals surface area contributed by atoms with Gasteiger partial charge in [-0.05, 0) is 17.7 Å². The Morgan fingerprint density at radius 2 is 1.79 bits per heavy atom. The van der Waals surface area contributed by atoms with E-state index < -0.39 is 5.97 Å². The van der Waals surface area contributed by atoms with Gasteiger partial charge < -0.3 is 15.3 Å². The number of nitrogens with one attached hydrogen (secondary N) is 1. The molecule has 1 rings (SSSR count). The van der Waals surface area contributed by atoms with Gasteiger partial charge in [0.05, 0.1) is 0 Å². The molecule has 0 atom stereocenters. The Balaban J connectivity index is 2.67. The third-order valence-corrected chi connectivity index (χ3v) is 2.46. The maximum atomic E-state index is 11.9. The molecule has 6 heteroatoms. The van der Waals surface area contributed by atoms with E-state index in [0.29, 0.717) is 12.1 Å². The fourth-order valence-corrected chi connectivity index (χ4v) is 1.49. The number of carbonyl (C=O) groups excluding carboxylic acids is 2. The summed E-state index contributed by atoms with van der Waals surface area (Å²) in [4.78, 5) is 34.3. The van der Waals surface area contributed by atoms with E-state index in [2.05, 4.69) is 5.32 Å². The molecule has 0 saturated heterocycles. The first-order valence-electron chi connectivity index (χ1n) is 5.71. The van der Waals surface area contributed by atoms with Gasteiger partial charge in [-0.25, -0.2) is 0 Å². The summed E-state index contributed by atoms with van der Waals surface area (Å²) in [5, 5.41) is 11.3. The first-order chi connectivity index (χ1) is 8.90. The molecule has 0 saturated carbocycles. The lowest BCUT2D eigenvalue weighted by Gasteiger charge is -2.14. The first-order valence-corrected chi connectivity index (χ1v) is 5.71. The van der Waals surface area contributed by atoms with E-state index in [1.54, 1.807) is 24.3 Å². The number of hydrogen-bond donors (Lipinski definition) is 2. The monoisotopic (exact) mass is 264 g/mol. The van der Waals surface area contributed by atoms with Gasteiger partial charge in [-0.2, -0.15) is 0 Å². The molecule has 0 aromatic heterocycles. The number of aliphatic carboxylic acids is 1. The van der Waals surface area contributed by atoms with Crippen LogP contribution in [0.2, 0.25) is 0 Å². The van der Waals surface area contributed by atoms with Crippen LogP contribution in [0.25, 0.3) is 0 Å². The lowest BCUT2D eigenvalue weighted by Crippen LogP contribution is -2.31. The summed E-state index contributed by atoms with van der Waals surface area (Å²) in [6, 6.07) is 6.66. The van der Waals surface area contributed by atoms with Crippen molar-refractivity contribution in [1.82, 2.24) is 10.2 Å². The van der Waals surface area contributed by atoms with Crippen LogP contribution in [0.4, 0.5) is 0 Å². The predicted molar refractivity (Wildman–Crippen MR) is 68.6 cm³/mol. The van der Waals surface area contributed by atoms with Crippen LogP contribution < -0.4 is 5.32 Å². The molecule has 19 heavy (non-hydrogen) atoms. The fraction of sp³-hybridized carbons (Fsp3) is 0.308. The lowest BCUT2D eigenvalue weighted by atomic mass is 10.1. The number of carbonyl (C=O) groups is 3. The maximum absolute atomic E-state index is 11.9. The summed E-state index contributed by atoms with van der Waals surface area (Å²) in [5.41, 5.74) is 1.28. The molecule has 0 fully saturated rings. The van der Waals surface area contributed by atoms with Crippen LogP contribution in [0.3, 0.4) is 0 Å². The minimum absolute atomic E-state index is 0.124.